The molecule has 2 amide bonds. The Kier molecular flexibility index (Phi) is 10.2. The first kappa shape index (κ1) is 30.3. The number of imide groups is 1. The average molecular weight is 596 g/mol. The molecule has 2 aromatic heterocycles. The molecule has 5 N–H and O–H groups in total. The van der Waals surface area contributed by atoms with E-state index in [0.717, 1.165) is 29.5 Å². The average Bonchev–Trinajstić information content (AvgIpc) is 3.53. The molecule has 0 spiro atoms. The third-order valence-electron chi connectivity index (χ3n) is 7.46. The molecule has 214 valence electrons. The number of pyridine rings is 1. The van der Waals surface area contributed by atoms with E-state index >= 15 is 0 Å². The van der Waals surface area contributed by atoms with Crippen LogP contribution in [0.15, 0.2) is 67.0 Å². The molecule has 0 bridgehead atoms. The Morgan fingerprint density at radius 3 is 2.27 bits per heavy atom. The lowest BCUT2D eigenvalue weighted by atomic mass is 9.81. The third-order valence-corrected chi connectivity index (χ3v) is 7.67. The quantitative estimate of drug-likeness (QED) is 0.274. The predicted octanol–water partition coefficient (Wildman–Crippen LogP) is 4.20. The van der Waals surface area contributed by atoms with Crippen LogP contribution in [-0.4, -0.2) is 50.0 Å². The Morgan fingerprint density at radius 2 is 1.66 bits per heavy atom. The maximum atomic E-state index is 13.8. The van der Waals surface area contributed by atoms with Crippen LogP contribution < -0.4 is 16.4 Å². The van der Waals surface area contributed by atoms with Gasteiger partial charge in [0, 0.05) is 29.4 Å². The number of anilines is 1. The Balaban J connectivity index is 0.00000387. The highest BCUT2D eigenvalue weighted by Gasteiger charge is 2.35. The van der Waals surface area contributed by atoms with Crippen molar-refractivity contribution in [3.05, 3.63) is 77.6 Å². The lowest BCUT2D eigenvalue weighted by Gasteiger charge is -2.32. The van der Waals surface area contributed by atoms with Gasteiger partial charge in [0.1, 0.15) is 0 Å². The first-order valence-electron chi connectivity index (χ1n) is 13.3. The van der Waals surface area contributed by atoms with Crippen LogP contribution in [0.2, 0.25) is 5.02 Å². The van der Waals surface area contributed by atoms with Gasteiger partial charge in [0.25, 0.3) is 5.91 Å². The maximum Gasteiger partial charge on any atom is 0.251 e. The highest BCUT2D eigenvalue weighted by Crippen LogP contribution is 2.32. The molecule has 1 atom stereocenters. The Bertz CT molecular complexity index is 1440. The van der Waals surface area contributed by atoms with Crippen molar-refractivity contribution in [2.24, 2.45) is 23.3 Å². The molecule has 1 saturated carbocycles. The predicted molar refractivity (Wildman–Crippen MR) is 160 cm³/mol. The number of amides is 2. The molecule has 1 fully saturated rings. The van der Waals surface area contributed by atoms with Gasteiger partial charge in [0.05, 0.1) is 16.8 Å². The zero-order chi connectivity index (χ0) is 28.1. The van der Waals surface area contributed by atoms with Gasteiger partial charge in [-0.05, 0) is 91.2 Å². The lowest BCUT2D eigenvalue weighted by Crippen LogP contribution is -2.50. The van der Waals surface area contributed by atoms with E-state index in [1.54, 1.807) is 36.7 Å². The summed E-state index contributed by atoms with van der Waals surface area (Å²) in [4.78, 5) is 33.0. The van der Waals surface area contributed by atoms with Gasteiger partial charge in [-0.2, -0.15) is 5.21 Å². The molecule has 41 heavy (non-hydrogen) atoms. The van der Waals surface area contributed by atoms with E-state index in [2.05, 4.69) is 25.6 Å². The minimum Gasteiger partial charge on any atom is -0.330 e. The Hall–Kier alpha value is -3.70. The summed E-state index contributed by atoms with van der Waals surface area (Å²) in [7, 11) is 0. The Morgan fingerprint density at radius 1 is 0.976 bits per heavy atom. The van der Waals surface area contributed by atoms with E-state index in [1.165, 1.54) is 4.90 Å². The zero-order valence-electron chi connectivity index (χ0n) is 22.3. The van der Waals surface area contributed by atoms with Gasteiger partial charge in [-0.3, -0.25) is 14.6 Å². The van der Waals surface area contributed by atoms with Gasteiger partial charge in [0.2, 0.25) is 11.7 Å². The van der Waals surface area contributed by atoms with Crippen molar-refractivity contribution >= 4 is 41.5 Å². The first-order valence-corrected chi connectivity index (χ1v) is 13.7. The molecule has 10 nitrogen and oxygen atoms in total. The van der Waals surface area contributed by atoms with Crippen LogP contribution in [0, 0.1) is 11.8 Å². The third kappa shape index (κ3) is 7.15. The smallest absolute Gasteiger partial charge is 0.251 e. The normalized spacial score (nSPS) is 17.3. The van der Waals surface area contributed by atoms with E-state index in [9.17, 15) is 9.59 Å². The van der Waals surface area contributed by atoms with Crippen LogP contribution in [0.3, 0.4) is 0 Å². The molecule has 2 heterocycles. The molecule has 5 rings (SSSR count). The lowest BCUT2D eigenvalue weighted by molar-refractivity contribution is -0.130. The number of aromatic nitrogens is 5. The second-order valence-corrected chi connectivity index (χ2v) is 10.6. The van der Waals surface area contributed by atoms with Crippen molar-refractivity contribution < 1.29 is 9.59 Å². The van der Waals surface area contributed by atoms with Gasteiger partial charge in [-0.15, -0.1) is 22.6 Å². The fourth-order valence-corrected chi connectivity index (χ4v) is 5.32. The summed E-state index contributed by atoms with van der Waals surface area (Å²) in [5.74, 6) is -0.102. The molecule has 4 aromatic rings. The Labute approximate surface area is 249 Å². The van der Waals surface area contributed by atoms with Crippen LogP contribution in [-0.2, 0) is 16.0 Å². The topological polar surface area (TPSA) is 157 Å². The molecular weight excluding hydrogens is 563 g/mol. The molecule has 1 aliphatic carbocycles. The number of nitrogens with two attached hydrogens (primary N) is 2. The van der Waals surface area contributed by atoms with Gasteiger partial charge >= 0.3 is 0 Å². The molecular formula is C29H32Cl2N8O2. The number of H-pyrrole nitrogens is 1. The van der Waals surface area contributed by atoms with Crippen molar-refractivity contribution in [3.8, 4) is 22.5 Å². The van der Waals surface area contributed by atoms with Crippen LogP contribution >= 0.6 is 24.0 Å². The standard InChI is InChI=1S/C29H31ClN8O2.ClH/c30-24-14-23(16-33-17-24)20-5-1-18(2-6-20)13-26(32)29(40)38(28(39)22-7-3-19(15-31)4-8-22)25-11-9-21(10-12-25)27-34-36-37-35-27;/h1-2,5-6,9-12,14,16-17,19,22,26H,3-4,7-8,13,15,31-32H2,(H,34,35,36,37);1H/t19-,22-,26-;/m0./s1. The van der Waals surface area contributed by atoms with Crippen molar-refractivity contribution in [2.45, 2.75) is 38.1 Å². The van der Waals surface area contributed by atoms with E-state index in [-0.39, 0.29) is 30.7 Å². The summed E-state index contributed by atoms with van der Waals surface area (Å²) in [5, 5.41) is 14.5. The summed E-state index contributed by atoms with van der Waals surface area (Å²) >= 11 is 6.08. The number of nitrogens with zero attached hydrogens (tertiary/aromatic N) is 5. The molecule has 1 aliphatic rings. The minimum atomic E-state index is -0.917. The number of rotatable bonds is 8. The summed E-state index contributed by atoms with van der Waals surface area (Å²) in [6.45, 7) is 0.610. The van der Waals surface area contributed by atoms with E-state index in [1.807, 2.05) is 30.3 Å². The number of carbonyl (C=O) groups is 2. The number of hydrogen-bond donors (Lipinski definition) is 3. The molecule has 0 aliphatic heterocycles. The summed E-state index contributed by atoms with van der Waals surface area (Å²) in [6.07, 6.45) is 6.72. The number of halogens is 2. The van der Waals surface area contributed by atoms with E-state index < -0.39 is 11.9 Å². The molecule has 12 heteroatoms. The van der Waals surface area contributed by atoms with Gasteiger partial charge in [-0.1, -0.05) is 35.9 Å². The minimum absolute atomic E-state index is 0. The fraction of sp³-hybridized carbons (Fsp3) is 0.310. The summed E-state index contributed by atoms with van der Waals surface area (Å²) in [5.41, 5.74) is 16.2. The molecule has 0 unspecified atom stereocenters. The molecule has 0 radical (unpaired) electrons. The monoisotopic (exact) mass is 594 g/mol. The van der Waals surface area contributed by atoms with E-state index in [0.29, 0.717) is 47.4 Å². The van der Waals surface area contributed by atoms with Crippen molar-refractivity contribution in [2.75, 3.05) is 11.4 Å². The highest BCUT2D eigenvalue weighted by molar-refractivity contribution is 6.30. The number of aromatic amines is 1. The SMILES string of the molecule is Cl.NC[C@H]1CC[C@H](C(=O)N(C(=O)[C@@H](N)Cc2ccc(-c3cncc(Cl)c3)cc2)c2ccc(-c3nn[nH]n3)cc2)CC1. The van der Waals surface area contributed by atoms with Crippen molar-refractivity contribution in [1.82, 2.24) is 25.6 Å². The number of tetrazole rings is 1. The number of carbonyl (C=O) groups excluding carboxylic acids is 2. The van der Waals surface area contributed by atoms with Gasteiger partial charge in [0.15, 0.2) is 0 Å². The molecule has 2 aromatic carbocycles. The van der Waals surface area contributed by atoms with Crippen LogP contribution in [0.4, 0.5) is 5.69 Å². The zero-order valence-corrected chi connectivity index (χ0v) is 23.9. The number of hydrogen-bond acceptors (Lipinski definition) is 8. The second kappa shape index (κ2) is 13.8. The number of nitrogens with one attached hydrogen (secondary N) is 1. The first-order chi connectivity index (χ1) is 19.4. The van der Waals surface area contributed by atoms with E-state index in [4.69, 9.17) is 23.1 Å². The van der Waals surface area contributed by atoms with Gasteiger partial charge < -0.3 is 11.5 Å². The summed E-state index contributed by atoms with van der Waals surface area (Å²) < 4.78 is 0. The van der Waals surface area contributed by atoms with Crippen LogP contribution in [0.25, 0.3) is 22.5 Å². The second-order valence-electron chi connectivity index (χ2n) is 10.1. The number of benzene rings is 2. The largest absolute Gasteiger partial charge is 0.330 e. The maximum absolute atomic E-state index is 13.8. The van der Waals surface area contributed by atoms with Crippen molar-refractivity contribution in [1.29, 1.82) is 0 Å². The molecule has 0 saturated heterocycles. The van der Waals surface area contributed by atoms with Crippen molar-refractivity contribution in [3.63, 3.8) is 0 Å². The van der Waals surface area contributed by atoms with Crippen LogP contribution in [0.5, 0.6) is 0 Å². The summed E-state index contributed by atoms with van der Waals surface area (Å²) in [6, 6.07) is 15.6. The van der Waals surface area contributed by atoms with Crippen LogP contribution in [0.1, 0.15) is 31.2 Å². The fourth-order valence-electron chi connectivity index (χ4n) is 5.14. The highest BCUT2D eigenvalue weighted by atomic mass is 35.5. The van der Waals surface area contributed by atoms with Gasteiger partial charge in [-0.25, -0.2) is 4.90 Å².